The molecule has 1 fully saturated rings. The lowest BCUT2D eigenvalue weighted by molar-refractivity contribution is 0.208. The van der Waals surface area contributed by atoms with Crippen LogP contribution in [0.3, 0.4) is 0 Å². The van der Waals surface area contributed by atoms with Gasteiger partial charge in [0.25, 0.3) is 0 Å². The van der Waals surface area contributed by atoms with Gasteiger partial charge in [0.1, 0.15) is 5.82 Å². The molecule has 146 valence electrons. The van der Waals surface area contributed by atoms with Crippen molar-refractivity contribution in [3.8, 4) is 0 Å². The van der Waals surface area contributed by atoms with Crippen LogP contribution in [0.25, 0.3) is 0 Å². The molecule has 1 aliphatic heterocycles. The maximum absolute atomic E-state index is 4.59. The first kappa shape index (κ1) is 19.6. The molecule has 3 rings (SSSR count). The molecule has 5 heteroatoms. The molecular formula is C22H33N5. The minimum Gasteiger partial charge on any atom is -0.363 e. The van der Waals surface area contributed by atoms with Crippen LogP contribution in [0.2, 0.25) is 0 Å². The lowest BCUT2D eigenvalue weighted by Crippen LogP contribution is -2.41. The van der Waals surface area contributed by atoms with Gasteiger partial charge in [0.05, 0.1) is 0 Å². The van der Waals surface area contributed by atoms with E-state index in [1.165, 1.54) is 17.5 Å². The van der Waals surface area contributed by atoms with Crippen LogP contribution in [0.4, 0.5) is 11.8 Å². The molecule has 0 aliphatic carbocycles. The number of hydrogen-bond donors (Lipinski definition) is 1. The highest BCUT2D eigenvalue weighted by atomic mass is 15.2. The first-order valence-electron chi connectivity index (χ1n) is 9.90. The summed E-state index contributed by atoms with van der Waals surface area (Å²) in [5.41, 5.74) is 2.98. The molecule has 0 radical (unpaired) electrons. The van der Waals surface area contributed by atoms with Gasteiger partial charge in [-0.05, 0) is 42.0 Å². The normalized spacial score (nSPS) is 18.3. The fraction of sp³-hybridized carbons (Fsp3) is 0.545. The van der Waals surface area contributed by atoms with E-state index in [2.05, 4.69) is 65.2 Å². The summed E-state index contributed by atoms with van der Waals surface area (Å²) in [5.74, 6) is 1.65. The first-order chi connectivity index (χ1) is 12.8. The number of rotatable bonds is 5. The molecule has 1 aromatic carbocycles. The van der Waals surface area contributed by atoms with E-state index in [-0.39, 0.29) is 5.41 Å². The fourth-order valence-electron chi connectivity index (χ4n) is 3.54. The second kappa shape index (κ2) is 8.26. The Morgan fingerprint density at radius 1 is 1.15 bits per heavy atom. The van der Waals surface area contributed by atoms with E-state index in [1.54, 1.807) is 0 Å². The summed E-state index contributed by atoms with van der Waals surface area (Å²) >= 11 is 0. The third kappa shape index (κ3) is 5.42. The third-order valence-electron chi connectivity index (χ3n) is 5.16. The predicted molar refractivity (Wildman–Crippen MR) is 113 cm³/mol. The van der Waals surface area contributed by atoms with Gasteiger partial charge in [-0.1, -0.05) is 45.0 Å². The van der Waals surface area contributed by atoms with Crippen LogP contribution in [0.15, 0.2) is 36.5 Å². The fourth-order valence-corrected chi connectivity index (χ4v) is 3.54. The number of hydrogen-bond acceptors (Lipinski definition) is 5. The molecule has 1 N–H and O–H groups in total. The van der Waals surface area contributed by atoms with Crippen LogP contribution >= 0.6 is 0 Å². The quantitative estimate of drug-likeness (QED) is 0.868. The average Bonchev–Trinajstić information content (AvgIpc) is 2.62. The van der Waals surface area contributed by atoms with Gasteiger partial charge < -0.3 is 10.2 Å². The molecule has 2 aromatic rings. The summed E-state index contributed by atoms with van der Waals surface area (Å²) in [5, 5.41) is 3.53. The van der Waals surface area contributed by atoms with Gasteiger partial charge in [0.2, 0.25) is 5.95 Å². The average molecular weight is 368 g/mol. The molecule has 1 unspecified atom stereocenters. The molecule has 1 aromatic heterocycles. The topological polar surface area (TPSA) is 44.3 Å². The van der Waals surface area contributed by atoms with Crippen molar-refractivity contribution < 1.29 is 0 Å². The van der Waals surface area contributed by atoms with Crippen molar-refractivity contribution in [1.82, 2.24) is 14.9 Å². The smallest absolute Gasteiger partial charge is 0.224 e. The van der Waals surface area contributed by atoms with Crippen molar-refractivity contribution in [2.45, 2.75) is 51.6 Å². The molecule has 2 heterocycles. The molecule has 5 nitrogen and oxygen atoms in total. The Morgan fingerprint density at radius 3 is 2.56 bits per heavy atom. The van der Waals surface area contributed by atoms with E-state index < -0.39 is 0 Å². The van der Waals surface area contributed by atoms with Gasteiger partial charge >= 0.3 is 0 Å². The van der Waals surface area contributed by atoms with E-state index in [0.29, 0.717) is 6.04 Å². The van der Waals surface area contributed by atoms with Crippen LogP contribution in [-0.2, 0) is 12.0 Å². The summed E-state index contributed by atoms with van der Waals surface area (Å²) in [6.45, 7) is 9.96. The first-order valence-corrected chi connectivity index (χ1v) is 9.90. The Balaban J connectivity index is 1.58. The molecule has 27 heavy (non-hydrogen) atoms. The number of piperidine rings is 1. The van der Waals surface area contributed by atoms with Gasteiger partial charge in [0.15, 0.2) is 0 Å². The van der Waals surface area contributed by atoms with Gasteiger partial charge in [-0.2, -0.15) is 4.98 Å². The van der Waals surface area contributed by atoms with Crippen LogP contribution < -0.4 is 10.2 Å². The zero-order valence-electron chi connectivity index (χ0n) is 17.4. The SMILES string of the molecule is CN(C)c1ccnc(NC2CCCN(Cc3ccc(C(C)(C)C)cc3)C2)n1. The van der Waals surface area contributed by atoms with Gasteiger partial charge in [-0.25, -0.2) is 4.98 Å². The van der Waals surface area contributed by atoms with Crippen molar-refractivity contribution in [2.24, 2.45) is 0 Å². The van der Waals surface area contributed by atoms with Crippen molar-refractivity contribution >= 4 is 11.8 Å². The standard InChI is InChI=1S/C22H33N5/c1-22(2,3)18-10-8-17(9-11-18)15-27-14-6-7-19(16-27)24-21-23-13-12-20(25-21)26(4)5/h8-13,19H,6-7,14-16H2,1-5H3,(H,23,24,25). The van der Waals surface area contributed by atoms with Crippen LogP contribution in [-0.4, -0.2) is 48.1 Å². The molecule has 0 saturated carbocycles. The van der Waals surface area contributed by atoms with Crippen LogP contribution in [0, 0.1) is 0 Å². The number of nitrogens with zero attached hydrogens (tertiary/aromatic N) is 4. The number of likely N-dealkylation sites (tertiary alicyclic amines) is 1. The second-order valence-corrected chi connectivity index (χ2v) is 8.80. The Morgan fingerprint density at radius 2 is 1.89 bits per heavy atom. The van der Waals surface area contributed by atoms with E-state index in [1.807, 2.05) is 31.3 Å². The molecular weight excluding hydrogens is 334 g/mol. The van der Waals surface area contributed by atoms with Crippen molar-refractivity contribution in [2.75, 3.05) is 37.4 Å². The summed E-state index contributed by atoms with van der Waals surface area (Å²) < 4.78 is 0. The number of aromatic nitrogens is 2. The van der Waals surface area contributed by atoms with Crippen LogP contribution in [0.5, 0.6) is 0 Å². The Kier molecular flexibility index (Phi) is 6.00. The Hall–Kier alpha value is -2.14. The van der Waals surface area contributed by atoms with Gasteiger partial charge in [0, 0.05) is 39.4 Å². The van der Waals surface area contributed by atoms with E-state index in [9.17, 15) is 0 Å². The van der Waals surface area contributed by atoms with Crippen LogP contribution in [0.1, 0.15) is 44.7 Å². The van der Waals surface area contributed by atoms with E-state index in [0.717, 1.165) is 37.8 Å². The predicted octanol–water partition coefficient (Wildman–Crippen LogP) is 3.92. The Bertz CT molecular complexity index is 733. The molecule has 1 aliphatic rings. The zero-order chi connectivity index (χ0) is 19.4. The monoisotopic (exact) mass is 367 g/mol. The highest BCUT2D eigenvalue weighted by molar-refractivity contribution is 5.41. The van der Waals surface area contributed by atoms with Gasteiger partial charge in [-0.15, -0.1) is 0 Å². The second-order valence-electron chi connectivity index (χ2n) is 8.80. The number of benzene rings is 1. The highest BCUT2D eigenvalue weighted by Crippen LogP contribution is 2.23. The lowest BCUT2D eigenvalue weighted by atomic mass is 9.86. The molecule has 0 spiro atoms. The van der Waals surface area contributed by atoms with E-state index >= 15 is 0 Å². The minimum absolute atomic E-state index is 0.208. The molecule has 0 amide bonds. The molecule has 1 saturated heterocycles. The van der Waals surface area contributed by atoms with E-state index in [4.69, 9.17) is 0 Å². The number of anilines is 2. The van der Waals surface area contributed by atoms with Crippen molar-refractivity contribution in [1.29, 1.82) is 0 Å². The van der Waals surface area contributed by atoms with Crippen molar-refractivity contribution in [3.05, 3.63) is 47.7 Å². The minimum atomic E-state index is 0.208. The maximum Gasteiger partial charge on any atom is 0.224 e. The lowest BCUT2D eigenvalue weighted by Gasteiger charge is -2.33. The third-order valence-corrected chi connectivity index (χ3v) is 5.16. The largest absolute Gasteiger partial charge is 0.363 e. The summed E-state index contributed by atoms with van der Waals surface area (Å²) in [6.07, 6.45) is 4.18. The summed E-state index contributed by atoms with van der Waals surface area (Å²) in [6, 6.07) is 11.4. The van der Waals surface area contributed by atoms with Crippen molar-refractivity contribution in [3.63, 3.8) is 0 Å². The highest BCUT2D eigenvalue weighted by Gasteiger charge is 2.21. The summed E-state index contributed by atoms with van der Waals surface area (Å²) in [4.78, 5) is 13.5. The molecule has 1 atom stereocenters. The van der Waals surface area contributed by atoms with Gasteiger partial charge in [-0.3, -0.25) is 4.90 Å². The summed E-state index contributed by atoms with van der Waals surface area (Å²) in [7, 11) is 4.00. The zero-order valence-corrected chi connectivity index (χ0v) is 17.4. The Labute approximate surface area is 163 Å². The molecule has 0 bridgehead atoms. The number of nitrogens with one attached hydrogen (secondary N) is 1. The maximum atomic E-state index is 4.59.